The van der Waals surface area contributed by atoms with Gasteiger partial charge in [0.05, 0.1) is 0 Å². The zero-order valence-electron chi connectivity index (χ0n) is 20.8. The Balaban J connectivity index is 1.87. The third kappa shape index (κ3) is 8.58. The molecule has 0 heterocycles. The molecule has 0 aliphatic rings. The van der Waals surface area contributed by atoms with E-state index in [9.17, 15) is 9.59 Å². The topological polar surface area (TPSA) is 49.4 Å². The molecule has 1 atom stereocenters. The van der Waals surface area contributed by atoms with Gasteiger partial charge >= 0.3 is 0 Å². The number of amides is 2. The fourth-order valence-electron chi connectivity index (χ4n) is 3.80. The summed E-state index contributed by atoms with van der Waals surface area (Å²) in [5.41, 5.74) is 2.92. The number of benzene rings is 3. The maximum absolute atomic E-state index is 13.7. The summed E-state index contributed by atoms with van der Waals surface area (Å²) in [6.45, 7) is 6.09. The molecule has 0 radical (unpaired) electrons. The number of hydrogen-bond donors (Lipinski definition) is 1. The third-order valence-electron chi connectivity index (χ3n) is 5.66. The van der Waals surface area contributed by atoms with Gasteiger partial charge in [0, 0.05) is 46.1 Å². The Morgan fingerprint density at radius 3 is 2.31 bits per heavy atom. The average molecular weight is 544 g/mol. The number of rotatable bonds is 11. The lowest BCUT2D eigenvalue weighted by molar-refractivity contribution is -0.141. The molecule has 0 bridgehead atoms. The van der Waals surface area contributed by atoms with Crippen molar-refractivity contribution in [1.29, 1.82) is 0 Å². The van der Waals surface area contributed by atoms with Crippen LogP contribution in [-0.2, 0) is 22.6 Å². The summed E-state index contributed by atoms with van der Waals surface area (Å²) in [5, 5.41) is 4.00. The van der Waals surface area contributed by atoms with Crippen molar-refractivity contribution in [3.05, 3.63) is 99.5 Å². The summed E-state index contributed by atoms with van der Waals surface area (Å²) in [6.07, 6.45) is 0.700. The number of carbonyl (C=O) groups excluding carboxylic acids is 2. The van der Waals surface area contributed by atoms with Gasteiger partial charge in [0.2, 0.25) is 11.8 Å². The van der Waals surface area contributed by atoms with E-state index in [1.807, 2.05) is 57.2 Å². The molecule has 0 saturated carbocycles. The number of carbonyl (C=O) groups is 2. The van der Waals surface area contributed by atoms with Crippen molar-refractivity contribution in [3.63, 3.8) is 0 Å². The molecule has 0 aliphatic heterocycles. The average Bonchev–Trinajstić information content (AvgIpc) is 2.84. The summed E-state index contributed by atoms with van der Waals surface area (Å²) in [6, 6.07) is 22.5. The second kappa shape index (κ2) is 13.7. The molecule has 0 unspecified atom stereocenters. The van der Waals surface area contributed by atoms with Crippen molar-refractivity contribution in [3.8, 4) is 0 Å². The number of nitrogens with one attached hydrogen (secondary N) is 1. The summed E-state index contributed by atoms with van der Waals surface area (Å²) in [5.74, 6) is 0.329. The lowest BCUT2D eigenvalue weighted by Crippen LogP contribution is -2.51. The van der Waals surface area contributed by atoms with Crippen molar-refractivity contribution in [1.82, 2.24) is 10.2 Å². The Hall–Kier alpha value is -2.47. The van der Waals surface area contributed by atoms with Gasteiger partial charge in [0.25, 0.3) is 0 Å². The van der Waals surface area contributed by atoms with Crippen LogP contribution in [0, 0.1) is 6.92 Å². The Morgan fingerprint density at radius 1 is 0.972 bits per heavy atom. The highest BCUT2D eigenvalue weighted by molar-refractivity contribution is 7.99. The number of thioether (sulfide) groups is 1. The highest BCUT2D eigenvalue weighted by Gasteiger charge is 2.31. The summed E-state index contributed by atoms with van der Waals surface area (Å²) < 4.78 is 0. The minimum atomic E-state index is -0.682. The van der Waals surface area contributed by atoms with Crippen LogP contribution in [0.2, 0.25) is 10.0 Å². The predicted molar refractivity (Wildman–Crippen MR) is 151 cm³/mol. The van der Waals surface area contributed by atoms with E-state index in [0.717, 1.165) is 16.0 Å². The van der Waals surface area contributed by atoms with Crippen LogP contribution in [0.25, 0.3) is 0 Å². The van der Waals surface area contributed by atoms with E-state index >= 15 is 0 Å². The quantitative estimate of drug-likeness (QED) is 0.266. The van der Waals surface area contributed by atoms with Gasteiger partial charge in [-0.2, -0.15) is 0 Å². The monoisotopic (exact) mass is 542 g/mol. The van der Waals surface area contributed by atoms with Gasteiger partial charge < -0.3 is 10.2 Å². The van der Waals surface area contributed by atoms with Crippen molar-refractivity contribution in [2.45, 2.75) is 57.1 Å². The lowest BCUT2D eigenvalue weighted by Gasteiger charge is -2.32. The Bertz CT molecular complexity index is 1150. The maximum atomic E-state index is 13.7. The molecule has 3 aromatic carbocycles. The number of nitrogens with zero attached hydrogens (tertiary/aromatic N) is 1. The van der Waals surface area contributed by atoms with Crippen molar-refractivity contribution < 1.29 is 9.59 Å². The van der Waals surface area contributed by atoms with Crippen LogP contribution in [0.1, 0.15) is 37.0 Å². The van der Waals surface area contributed by atoms with Crippen LogP contribution < -0.4 is 5.32 Å². The molecular formula is C29H32Cl2N2O2S. The van der Waals surface area contributed by atoms with Crippen molar-refractivity contribution in [2.75, 3.05) is 5.75 Å². The second-order valence-electron chi connectivity index (χ2n) is 9.04. The fourth-order valence-corrected chi connectivity index (χ4v) is 5.11. The normalized spacial score (nSPS) is 11.8. The minimum Gasteiger partial charge on any atom is -0.352 e. The molecule has 7 heteroatoms. The molecule has 36 heavy (non-hydrogen) atoms. The first-order valence-electron chi connectivity index (χ1n) is 12.0. The molecule has 0 fully saturated rings. The van der Waals surface area contributed by atoms with Crippen LogP contribution in [0.4, 0.5) is 0 Å². The Labute approximate surface area is 228 Å². The summed E-state index contributed by atoms with van der Waals surface area (Å²) in [4.78, 5) is 29.8. The largest absolute Gasteiger partial charge is 0.352 e. The predicted octanol–water partition coefficient (Wildman–Crippen LogP) is 6.95. The number of aryl methyl sites for hydroxylation is 1. The SMILES string of the molecule is Cc1ccc(SCCC(=O)N(Cc2ccc(Cl)cc2Cl)[C@H](Cc2ccccc2)C(=O)NC(C)C)cc1. The summed E-state index contributed by atoms with van der Waals surface area (Å²) in [7, 11) is 0. The molecule has 0 aliphatic carbocycles. The molecule has 1 N–H and O–H groups in total. The van der Waals surface area contributed by atoms with Crippen LogP contribution in [0.3, 0.4) is 0 Å². The second-order valence-corrected chi connectivity index (χ2v) is 11.0. The molecule has 0 spiro atoms. The zero-order valence-corrected chi connectivity index (χ0v) is 23.2. The van der Waals surface area contributed by atoms with Crippen LogP contribution in [0.15, 0.2) is 77.7 Å². The molecular weight excluding hydrogens is 511 g/mol. The Kier molecular flexibility index (Phi) is 10.7. The van der Waals surface area contributed by atoms with E-state index in [1.165, 1.54) is 5.56 Å². The molecule has 190 valence electrons. The standard InChI is InChI=1S/C29H32Cl2N2O2S/c1-20(2)32-29(35)27(17-22-7-5-4-6-8-22)33(19-23-11-12-24(30)18-26(23)31)28(34)15-16-36-25-13-9-21(3)10-14-25/h4-14,18,20,27H,15-17,19H2,1-3H3,(H,32,35)/t27-/m1/s1. The van der Waals surface area contributed by atoms with E-state index in [-0.39, 0.29) is 24.4 Å². The van der Waals surface area contributed by atoms with Crippen molar-refractivity contribution in [2.24, 2.45) is 0 Å². The molecule has 3 rings (SSSR count). The number of hydrogen-bond acceptors (Lipinski definition) is 3. The third-order valence-corrected chi connectivity index (χ3v) is 7.26. The molecule has 4 nitrogen and oxygen atoms in total. The first-order valence-corrected chi connectivity index (χ1v) is 13.7. The van der Waals surface area contributed by atoms with Gasteiger partial charge in [-0.05, 0) is 56.2 Å². The smallest absolute Gasteiger partial charge is 0.243 e. The highest BCUT2D eigenvalue weighted by Crippen LogP contribution is 2.25. The number of halogens is 2. The van der Waals surface area contributed by atoms with Gasteiger partial charge in [-0.1, -0.05) is 77.3 Å². The van der Waals surface area contributed by atoms with E-state index in [1.54, 1.807) is 28.8 Å². The molecule has 0 aromatic heterocycles. The molecule has 2 amide bonds. The first-order chi connectivity index (χ1) is 17.2. The van der Waals surface area contributed by atoms with Crippen molar-refractivity contribution >= 4 is 46.8 Å². The fraction of sp³-hybridized carbons (Fsp3) is 0.310. The van der Waals surface area contributed by atoms with Crippen LogP contribution in [0.5, 0.6) is 0 Å². The highest BCUT2D eigenvalue weighted by atomic mass is 35.5. The van der Waals surface area contributed by atoms with Gasteiger partial charge in [0.1, 0.15) is 6.04 Å². The van der Waals surface area contributed by atoms with Gasteiger partial charge in [-0.25, -0.2) is 0 Å². The van der Waals surface area contributed by atoms with Gasteiger partial charge in [-0.3, -0.25) is 9.59 Å². The molecule has 0 saturated heterocycles. The maximum Gasteiger partial charge on any atom is 0.243 e. The van der Waals surface area contributed by atoms with E-state index < -0.39 is 6.04 Å². The minimum absolute atomic E-state index is 0.0519. The van der Waals surface area contributed by atoms with E-state index in [2.05, 4.69) is 29.6 Å². The zero-order chi connectivity index (χ0) is 26.1. The van der Waals surface area contributed by atoms with Crippen LogP contribution >= 0.6 is 35.0 Å². The van der Waals surface area contributed by atoms with Crippen LogP contribution in [-0.4, -0.2) is 34.6 Å². The van der Waals surface area contributed by atoms with Gasteiger partial charge in [-0.15, -0.1) is 11.8 Å². The first kappa shape index (κ1) is 28.1. The van der Waals surface area contributed by atoms with E-state index in [4.69, 9.17) is 23.2 Å². The van der Waals surface area contributed by atoms with Gasteiger partial charge in [0.15, 0.2) is 0 Å². The van der Waals surface area contributed by atoms with E-state index in [0.29, 0.717) is 28.6 Å². The molecule has 3 aromatic rings. The Morgan fingerprint density at radius 2 is 1.67 bits per heavy atom. The lowest BCUT2D eigenvalue weighted by atomic mass is 10.0. The summed E-state index contributed by atoms with van der Waals surface area (Å²) >= 11 is 14.2.